The summed E-state index contributed by atoms with van der Waals surface area (Å²) in [7, 11) is 1.62. The summed E-state index contributed by atoms with van der Waals surface area (Å²) in [5.41, 5.74) is 1.87. The SMILES string of the molecule is COc1ccc([C@H](c2ccc(Br)cc2)C(Cl)(Cl)Cl)cc1. The van der Waals surface area contributed by atoms with Crippen LogP contribution in [0.5, 0.6) is 5.75 Å². The van der Waals surface area contributed by atoms with E-state index in [2.05, 4.69) is 15.9 Å². The van der Waals surface area contributed by atoms with E-state index in [0.29, 0.717) is 0 Å². The Kier molecular flexibility index (Phi) is 5.25. The van der Waals surface area contributed by atoms with Crippen molar-refractivity contribution in [1.29, 1.82) is 0 Å². The molecule has 0 aromatic heterocycles. The first-order valence-electron chi connectivity index (χ1n) is 5.88. The molecule has 106 valence electrons. The second kappa shape index (κ2) is 6.57. The number of benzene rings is 2. The van der Waals surface area contributed by atoms with E-state index < -0.39 is 3.79 Å². The Morgan fingerprint density at radius 2 is 1.35 bits per heavy atom. The zero-order chi connectivity index (χ0) is 14.8. The van der Waals surface area contributed by atoms with Crippen LogP contribution in [-0.4, -0.2) is 10.9 Å². The minimum Gasteiger partial charge on any atom is -0.497 e. The van der Waals surface area contributed by atoms with Crippen LogP contribution in [0.1, 0.15) is 17.0 Å². The third-order valence-corrected chi connectivity index (χ3v) is 4.16. The molecule has 0 amide bonds. The molecule has 0 spiro atoms. The second-order valence-electron chi connectivity index (χ2n) is 4.30. The molecule has 2 aromatic rings. The van der Waals surface area contributed by atoms with E-state index in [1.807, 2.05) is 48.5 Å². The predicted molar refractivity (Wildman–Crippen MR) is 89.3 cm³/mol. The molecule has 1 nitrogen and oxygen atoms in total. The first-order chi connectivity index (χ1) is 9.41. The van der Waals surface area contributed by atoms with Gasteiger partial charge in [-0.2, -0.15) is 0 Å². The maximum Gasteiger partial charge on any atom is 0.201 e. The van der Waals surface area contributed by atoms with Crippen LogP contribution < -0.4 is 4.74 Å². The third-order valence-electron chi connectivity index (χ3n) is 2.98. The Morgan fingerprint density at radius 3 is 1.75 bits per heavy atom. The summed E-state index contributed by atoms with van der Waals surface area (Å²) in [5, 5.41) is 0. The van der Waals surface area contributed by atoms with Gasteiger partial charge in [0.25, 0.3) is 0 Å². The van der Waals surface area contributed by atoms with Gasteiger partial charge >= 0.3 is 0 Å². The summed E-state index contributed by atoms with van der Waals surface area (Å²) in [6, 6.07) is 15.3. The van der Waals surface area contributed by atoms with Crippen LogP contribution in [-0.2, 0) is 0 Å². The standard InChI is InChI=1S/C15H12BrCl3O/c1-20-13-8-4-11(5-9-13)14(15(17,18)19)10-2-6-12(16)7-3-10/h2-9,14H,1H3/t14-/m0/s1. The fourth-order valence-electron chi connectivity index (χ4n) is 2.02. The van der Waals surface area contributed by atoms with Crippen molar-refractivity contribution in [2.75, 3.05) is 7.11 Å². The van der Waals surface area contributed by atoms with Crippen LogP contribution >= 0.6 is 50.7 Å². The molecule has 2 rings (SSSR count). The average molecular weight is 395 g/mol. The summed E-state index contributed by atoms with van der Waals surface area (Å²) in [6.45, 7) is 0. The monoisotopic (exact) mass is 392 g/mol. The van der Waals surface area contributed by atoms with Crippen molar-refractivity contribution >= 4 is 50.7 Å². The number of methoxy groups -OCH3 is 1. The maximum atomic E-state index is 6.17. The van der Waals surface area contributed by atoms with E-state index in [0.717, 1.165) is 21.3 Å². The zero-order valence-electron chi connectivity index (χ0n) is 10.6. The molecule has 5 heteroatoms. The van der Waals surface area contributed by atoms with Gasteiger partial charge in [-0.3, -0.25) is 0 Å². The third kappa shape index (κ3) is 3.82. The van der Waals surface area contributed by atoms with Crippen molar-refractivity contribution in [3.63, 3.8) is 0 Å². The van der Waals surface area contributed by atoms with E-state index in [-0.39, 0.29) is 5.92 Å². The van der Waals surface area contributed by atoms with Crippen molar-refractivity contribution in [2.24, 2.45) is 0 Å². The van der Waals surface area contributed by atoms with Gasteiger partial charge in [0.15, 0.2) is 0 Å². The zero-order valence-corrected chi connectivity index (χ0v) is 14.5. The van der Waals surface area contributed by atoms with Gasteiger partial charge in [0.2, 0.25) is 3.79 Å². The van der Waals surface area contributed by atoms with E-state index in [1.54, 1.807) is 7.11 Å². The van der Waals surface area contributed by atoms with Crippen molar-refractivity contribution < 1.29 is 4.74 Å². The highest BCUT2D eigenvalue weighted by Crippen LogP contribution is 2.46. The molecule has 0 fully saturated rings. The molecule has 0 N–H and O–H groups in total. The first-order valence-corrected chi connectivity index (χ1v) is 7.80. The van der Waals surface area contributed by atoms with Crippen LogP contribution in [0, 0.1) is 0 Å². The number of alkyl halides is 3. The lowest BCUT2D eigenvalue weighted by Crippen LogP contribution is -2.18. The summed E-state index contributed by atoms with van der Waals surface area (Å²) in [6.07, 6.45) is 0. The average Bonchev–Trinajstić information content (AvgIpc) is 2.41. The van der Waals surface area contributed by atoms with Crippen molar-refractivity contribution in [2.45, 2.75) is 9.71 Å². The van der Waals surface area contributed by atoms with Crippen molar-refractivity contribution in [3.05, 3.63) is 64.1 Å². The summed E-state index contributed by atoms with van der Waals surface area (Å²) >= 11 is 21.9. The highest BCUT2D eigenvalue weighted by Gasteiger charge is 2.35. The van der Waals surface area contributed by atoms with Gasteiger partial charge in [-0.05, 0) is 35.4 Å². The minimum atomic E-state index is -1.43. The fourth-order valence-corrected chi connectivity index (χ4v) is 3.04. The summed E-state index contributed by atoms with van der Waals surface area (Å²) in [5.74, 6) is 0.430. The molecule has 0 radical (unpaired) electrons. The Morgan fingerprint density at radius 1 is 0.900 bits per heavy atom. The molecule has 20 heavy (non-hydrogen) atoms. The molecule has 0 heterocycles. The Labute approximate surface area is 141 Å². The molecule has 2 aromatic carbocycles. The highest BCUT2D eigenvalue weighted by atomic mass is 79.9. The van der Waals surface area contributed by atoms with E-state index in [1.165, 1.54) is 0 Å². The lowest BCUT2D eigenvalue weighted by Gasteiger charge is -2.25. The van der Waals surface area contributed by atoms with Crippen molar-refractivity contribution in [1.82, 2.24) is 0 Å². The maximum absolute atomic E-state index is 6.17. The van der Waals surface area contributed by atoms with Gasteiger partial charge in [0.1, 0.15) is 5.75 Å². The quantitative estimate of drug-likeness (QED) is 0.584. The first kappa shape index (κ1) is 16.0. The van der Waals surface area contributed by atoms with Gasteiger partial charge in [-0.1, -0.05) is 75.0 Å². The van der Waals surface area contributed by atoms with Crippen LogP contribution in [0.2, 0.25) is 0 Å². The Balaban J connectivity index is 2.44. The lowest BCUT2D eigenvalue weighted by atomic mass is 9.92. The Hall–Kier alpha value is -0.410. The molecule has 0 saturated carbocycles. The molecule has 0 aliphatic heterocycles. The molecule has 1 atom stereocenters. The number of rotatable bonds is 3. The van der Waals surface area contributed by atoms with Gasteiger partial charge in [0, 0.05) is 4.47 Å². The van der Waals surface area contributed by atoms with E-state index >= 15 is 0 Å². The summed E-state index contributed by atoms with van der Waals surface area (Å²) < 4.78 is 4.71. The van der Waals surface area contributed by atoms with Gasteiger partial charge in [-0.25, -0.2) is 0 Å². The van der Waals surface area contributed by atoms with Crippen LogP contribution in [0.3, 0.4) is 0 Å². The smallest absolute Gasteiger partial charge is 0.201 e. The number of halogens is 4. The summed E-state index contributed by atoms with van der Waals surface area (Å²) in [4.78, 5) is 0. The van der Waals surface area contributed by atoms with E-state index in [4.69, 9.17) is 39.5 Å². The van der Waals surface area contributed by atoms with Crippen molar-refractivity contribution in [3.8, 4) is 5.75 Å². The molecular formula is C15H12BrCl3O. The molecular weight excluding hydrogens is 382 g/mol. The van der Waals surface area contributed by atoms with Gasteiger partial charge in [0.05, 0.1) is 13.0 Å². The molecule has 0 unspecified atom stereocenters. The number of ether oxygens (including phenoxy) is 1. The van der Waals surface area contributed by atoms with Crippen LogP contribution in [0.25, 0.3) is 0 Å². The molecule has 0 bridgehead atoms. The second-order valence-corrected chi connectivity index (χ2v) is 7.58. The molecule has 0 saturated heterocycles. The lowest BCUT2D eigenvalue weighted by molar-refractivity contribution is 0.414. The van der Waals surface area contributed by atoms with Crippen LogP contribution in [0.4, 0.5) is 0 Å². The number of hydrogen-bond acceptors (Lipinski definition) is 1. The fraction of sp³-hybridized carbons (Fsp3) is 0.200. The molecule has 0 aliphatic carbocycles. The van der Waals surface area contributed by atoms with Gasteiger partial charge in [-0.15, -0.1) is 0 Å². The molecule has 0 aliphatic rings. The van der Waals surface area contributed by atoms with E-state index in [9.17, 15) is 0 Å². The minimum absolute atomic E-state index is 0.341. The van der Waals surface area contributed by atoms with Gasteiger partial charge < -0.3 is 4.74 Å². The normalized spacial score (nSPS) is 13.1. The highest BCUT2D eigenvalue weighted by molar-refractivity contribution is 9.10. The largest absolute Gasteiger partial charge is 0.497 e. The number of hydrogen-bond donors (Lipinski definition) is 0. The van der Waals surface area contributed by atoms with Crippen LogP contribution in [0.15, 0.2) is 53.0 Å². The topological polar surface area (TPSA) is 9.23 Å². The predicted octanol–water partition coefficient (Wildman–Crippen LogP) is 5.96. The Bertz CT molecular complexity index is 561.